The molecular formula is C22H24N2O5S. The van der Waals surface area contributed by atoms with Crippen molar-refractivity contribution in [2.75, 3.05) is 32.2 Å². The van der Waals surface area contributed by atoms with Gasteiger partial charge in [-0.25, -0.2) is 4.90 Å². The number of hydrogen-bond acceptors (Lipinski definition) is 7. The molecule has 2 amide bonds. The predicted octanol–water partition coefficient (Wildman–Crippen LogP) is 3.16. The Labute approximate surface area is 179 Å². The minimum absolute atomic E-state index is 0.0381. The molecule has 0 N–H and O–H groups in total. The molecule has 30 heavy (non-hydrogen) atoms. The van der Waals surface area contributed by atoms with E-state index < -0.39 is 0 Å². The van der Waals surface area contributed by atoms with Gasteiger partial charge in [0.1, 0.15) is 5.70 Å². The smallest absolute Gasteiger partial charge is 0.282 e. The molecule has 0 aliphatic carbocycles. The van der Waals surface area contributed by atoms with Gasteiger partial charge in [0.05, 0.1) is 37.7 Å². The van der Waals surface area contributed by atoms with Crippen LogP contribution < -0.4 is 14.4 Å². The second-order valence-corrected chi connectivity index (χ2v) is 8.30. The fourth-order valence-electron chi connectivity index (χ4n) is 4.01. The number of anilines is 1. The number of hydrogen-bond donors (Lipinski definition) is 0. The number of methoxy groups -OCH3 is 2. The standard InChI is InChI=1S/C22H24N2O5S/c1-13-11-23(12-14(2)29-13)20-19(18-6-5-9-30-18)21(25)24(22(20)26)15-7-8-16(27-3)17(10-15)28-4/h5-10,13-14H,11-12H2,1-4H3. The summed E-state index contributed by atoms with van der Waals surface area (Å²) in [4.78, 5) is 31.1. The summed E-state index contributed by atoms with van der Waals surface area (Å²) >= 11 is 1.45. The van der Waals surface area contributed by atoms with Crippen molar-refractivity contribution < 1.29 is 23.8 Å². The highest BCUT2D eigenvalue weighted by molar-refractivity contribution is 7.11. The number of nitrogens with zero attached hydrogens (tertiary/aromatic N) is 2. The second-order valence-electron chi connectivity index (χ2n) is 7.35. The average molecular weight is 429 g/mol. The Kier molecular flexibility index (Phi) is 5.53. The third-order valence-electron chi connectivity index (χ3n) is 5.19. The number of amides is 2. The largest absolute Gasteiger partial charge is 0.493 e. The van der Waals surface area contributed by atoms with E-state index in [0.29, 0.717) is 41.5 Å². The lowest BCUT2D eigenvalue weighted by molar-refractivity contribution is -0.121. The van der Waals surface area contributed by atoms with E-state index in [1.54, 1.807) is 25.3 Å². The van der Waals surface area contributed by atoms with Crippen molar-refractivity contribution in [1.82, 2.24) is 4.90 Å². The van der Waals surface area contributed by atoms with Gasteiger partial charge in [-0.2, -0.15) is 0 Å². The molecule has 2 atom stereocenters. The van der Waals surface area contributed by atoms with Crippen LogP contribution in [0, 0.1) is 0 Å². The number of thiophene rings is 1. The SMILES string of the molecule is COc1ccc(N2C(=O)C(c3cccs3)=C(N3CC(C)OC(C)C3)C2=O)cc1OC. The second kappa shape index (κ2) is 8.12. The van der Waals surface area contributed by atoms with Crippen molar-refractivity contribution in [2.24, 2.45) is 0 Å². The van der Waals surface area contributed by atoms with Gasteiger partial charge < -0.3 is 19.1 Å². The fraction of sp³-hybridized carbons (Fsp3) is 0.364. The Bertz CT molecular complexity index is 991. The minimum Gasteiger partial charge on any atom is -0.493 e. The summed E-state index contributed by atoms with van der Waals surface area (Å²) in [7, 11) is 3.06. The number of rotatable bonds is 5. The van der Waals surface area contributed by atoms with Gasteiger partial charge in [0.25, 0.3) is 11.8 Å². The molecule has 2 aliphatic rings. The molecule has 1 aromatic carbocycles. The number of benzene rings is 1. The van der Waals surface area contributed by atoms with E-state index >= 15 is 0 Å². The molecule has 1 aromatic heterocycles. The van der Waals surface area contributed by atoms with Crippen molar-refractivity contribution in [3.63, 3.8) is 0 Å². The van der Waals surface area contributed by atoms with Crippen molar-refractivity contribution in [1.29, 1.82) is 0 Å². The third-order valence-corrected chi connectivity index (χ3v) is 6.08. The van der Waals surface area contributed by atoms with E-state index in [-0.39, 0.29) is 24.0 Å². The molecule has 8 heteroatoms. The van der Waals surface area contributed by atoms with Crippen LogP contribution in [0.25, 0.3) is 5.57 Å². The Hall–Kier alpha value is -2.84. The molecule has 3 heterocycles. The van der Waals surface area contributed by atoms with Gasteiger partial charge >= 0.3 is 0 Å². The zero-order chi connectivity index (χ0) is 21.4. The lowest BCUT2D eigenvalue weighted by Crippen LogP contribution is -2.47. The summed E-state index contributed by atoms with van der Waals surface area (Å²) in [5, 5.41) is 1.90. The van der Waals surface area contributed by atoms with Crippen LogP contribution in [0.2, 0.25) is 0 Å². The van der Waals surface area contributed by atoms with Gasteiger partial charge in [-0.1, -0.05) is 6.07 Å². The molecule has 0 spiro atoms. The van der Waals surface area contributed by atoms with Crippen LogP contribution in [0.3, 0.4) is 0 Å². The quantitative estimate of drug-likeness (QED) is 0.682. The summed E-state index contributed by atoms with van der Waals surface area (Å²) in [5.41, 5.74) is 1.31. The van der Waals surface area contributed by atoms with Gasteiger partial charge in [0.15, 0.2) is 11.5 Å². The maximum atomic E-state index is 13.6. The van der Waals surface area contributed by atoms with Crippen molar-refractivity contribution in [3.8, 4) is 11.5 Å². The Morgan fingerprint density at radius 3 is 2.30 bits per heavy atom. The van der Waals surface area contributed by atoms with Crippen LogP contribution in [0.15, 0.2) is 41.4 Å². The highest BCUT2D eigenvalue weighted by atomic mass is 32.1. The van der Waals surface area contributed by atoms with E-state index in [1.807, 2.05) is 36.3 Å². The van der Waals surface area contributed by atoms with E-state index in [2.05, 4.69) is 0 Å². The molecule has 2 aromatic rings. The molecule has 158 valence electrons. The lowest BCUT2D eigenvalue weighted by Gasteiger charge is -2.37. The highest BCUT2D eigenvalue weighted by Gasteiger charge is 2.44. The zero-order valence-electron chi connectivity index (χ0n) is 17.4. The Morgan fingerprint density at radius 1 is 1.00 bits per heavy atom. The Balaban J connectivity index is 1.79. The van der Waals surface area contributed by atoms with Crippen LogP contribution in [0.4, 0.5) is 5.69 Å². The number of ether oxygens (including phenoxy) is 3. The summed E-state index contributed by atoms with van der Waals surface area (Å²) in [6.07, 6.45) is -0.0762. The first-order valence-electron chi connectivity index (χ1n) is 9.74. The van der Waals surface area contributed by atoms with E-state index in [4.69, 9.17) is 14.2 Å². The average Bonchev–Trinajstić information content (AvgIpc) is 3.32. The van der Waals surface area contributed by atoms with Crippen molar-refractivity contribution in [2.45, 2.75) is 26.1 Å². The minimum atomic E-state index is -0.337. The molecule has 2 unspecified atom stereocenters. The monoisotopic (exact) mass is 428 g/mol. The van der Waals surface area contributed by atoms with E-state index in [0.717, 1.165) is 4.88 Å². The van der Waals surface area contributed by atoms with Crippen LogP contribution >= 0.6 is 11.3 Å². The normalized spacial score (nSPS) is 22.1. The summed E-state index contributed by atoms with van der Waals surface area (Å²) in [6.45, 7) is 5.05. The van der Waals surface area contributed by atoms with Gasteiger partial charge in [-0.05, 0) is 37.4 Å². The molecule has 4 rings (SSSR count). The molecule has 1 saturated heterocycles. The number of carbonyl (C=O) groups excluding carboxylic acids is 2. The number of morpholine rings is 1. The summed E-state index contributed by atoms with van der Waals surface area (Å²) < 4.78 is 16.5. The highest BCUT2D eigenvalue weighted by Crippen LogP contribution is 2.39. The zero-order valence-corrected chi connectivity index (χ0v) is 18.2. The third kappa shape index (κ3) is 3.46. The maximum Gasteiger partial charge on any atom is 0.282 e. The van der Waals surface area contributed by atoms with Gasteiger partial charge in [0, 0.05) is 24.0 Å². The first kappa shape index (κ1) is 20.4. The van der Waals surface area contributed by atoms with E-state index in [9.17, 15) is 9.59 Å². The van der Waals surface area contributed by atoms with Crippen molar-refractivity contribution in [3.05, 3.63) is 46.3 Å². The summed E-state index contributed by atoms with van der Waals surface area (Å²) in [5.74, 6) is 0.312. The molecule has 1 fully saturated rings. The molecule has 0 bridgehead atoms. The van der Waals surface area contributed by atoms with Gasteiger partial charge in [-0.3, -0.25) is 9.59 Å². The van der Waals surface area contributed by atoms with Gasteiger partial charge in [-0.15, -0.1) is 11.3 Å². The Morgan fingerprint density at radius 2 is 1.70 bits per heavy atom. The molecule has 7 nitrogen and oxygen atoms in total. The van der Waals surface area contributed by atoms with Crippen LogP contribution in [0.5, 0.6) is 11.5 Å². The maximum absolute atomic E-state index is 13.6. The van der Waals surface area contributed by atoms with Crippen LogP contribution in [0.1, 0.15) is 18.7 Å². The topological polar surface area (TPSA) is 68.3 Å². The number of carbonyl (C=O) groups is 2. The number of imide groups is 1. The summed E-state index contributed by atoms with van der Waals surface area (Å²) in [6, 6.07) is 8.78. The molecule has 0 saturated carbocycles. The molecule has 0 radical (unpaired) electrons. The molecular weight excluding hydrogens is 404 g/mol. The van der Waals surface area contributed by atoms with E-state index in [1.165, 1.54) is 23.3 Å². The van der Waals surface area contributed by atoms with Crippen LogP contribution in [-0.2, 0) is 14.3 Å². The van der Waals surface area contributed by atoms with Crippen LogP contribution in [-0.4, -0.2) is 56.2 Å². The lowest BCUT2D eigenvalue weighted by atomic mass is 10.1. The van der Waals surface area contributed by atoms with Gasteiger partial charge in [0.2, 0.25) is 0 Å². The predicted molar refractivity (Wildman–Crippen MR) is 115 cm³/mol. The fourth-order valence-corrected chi connectivity index (χ4v) is 4.78. The molecule has 2 aliphatic heterocycles. The first-order chi connectivity index (χ1) is 14.4. The van der Waals surface area contributed by atoms with Crippen molar-refractivity contribution >= 4 is 34.4 Å². The first-order valence-corrected chi connectivity index (χ1v) is 10.6.